The largest absolute Gasteiger partial charge is 0.352 e. The number of aromatic nitrogens is 3. The van der Waals surface area contributed by atoms with Crippen LogP contribution in [0.3, 0.4) is 0 Å². The third-order valence-electron chi connectivity index (χ3n) is 13.5. The van der Waals surface area contributed by atoms with Gasteiger partial charge in [0.15, 0.2) is 5.82 Å². The van der Waals surface area contributed by atoms with Gasteiger partial charge in [0.2, 0.25) is 23.6 Å². The van der Waals surface area contributed by atoms with Gasteiger partial charge < -0.3 is 40.6 Å². The topological polar surface area (TPSA) is 156 Å². The van der Waals surface area contributed by atoms with E-state index in [2.05, 4.69) is 26.3 Å². The average molecular weight is 880 g/mol. The predicted molar refractivity (Wildman–Crippen MR) is 233 cm³/mol. The highest BCUT2D eigenvalue weighted by molar-refractivity contribution is 5.93. The number of nitrogens with zero attached hydrogens (tertiary/aromatic N) is 4. The number of fused-ring (bicyclic) bond motifs is 2. The zero-order valence-electron chi connectivity index (χ0n) is 36.8. The first kappa shape index (κ1) is 46.0. The van der Waals surface area contributed by atoms with Crippen LogP contribution in [0.1, 0.15) is 84.1 Å². The van der Waals surface area contributed by atoms with Gasteiger partial charge in [0, 0.05) is 42.4 Å². The summed E-state index contributed by atoms with van der Waals surface area (Å²) in [5, 5.41) is 12.3. The van der Waals surface area contributed by atoms with Crippen LogP contribution in [0, 0.1) is 17.6 Å². The second-order valence-electron chi connectivity index (χ2n) is 17.8. The number of hydrogen-bond acceptors (Lipinski definition) is 7. The van der Waals surface area contributed by atoms with E-state index in [1.807, 2.05) is 6.92 Å². The van der Waals surface area contributed by atoms with E-state index in [-0.39, 0.29) is 68.1 Å². The fourth-order valence-electron chi connectivity index (χ4n) is 9.79. The Kier molecular flexibility index (Phi) is 14.4. The van der Waals surface area contributed by atoms with Crippen LogP contribution in [-0.2, 0) is 32.1 Å². The molecule has 2 saturated heterocycles. The molecule has 5 N–H and O–H groups in total. The Morgan fingerprint density at radius 2 is 1.44 bits per heavy atom. The Hall–Kier alpha value is -5.03. The van der Waals surface area contributed by atoms with Gasteiger partial charge in [-0.2, -0.15) is 0 Å². The maximum absolute atomic E-state index is 15.7. The van der Waals surface area contributed by atoms with Crippen molar-refractivity contribution in [2.45, 2.75) is 140 Å². The number of rotatable bonds is 16. The Balaban J connectivity index is 1.27. The number of alkyl halides is 2. The molecule has 3 fully saturated rings. The molecule has 1 saturated carbocycles. The van der Waals surface area contributed by atoms with E-state index in [1.165, 1.54) is 29.2 Å². The molecule has 8 unspecified atom stereocenters. The molecule has 8 atom stereocenters. The molecule has 4 heterocycles. The molecule has 2 aromatic carbocycles. The van der Waals surface area contributed by atoms with Crippen LogP contribution >= 0.6 is 0 Å². The van der Waals surface area contributed by atoms with E-state index in [0.717, 1.165) is 32.1 Å². The number of benzene rings is 2. The number of halogens is 4. The zero-order chi connectivity index (χ0) is 45.1. The SMILES string of the molecule is CCCC(NC(=O)C(C)NC)C(=O)N1CC(F)CC1Cn1c(-c2[nH]c3cc(F)ccc3c2CC2CC(F)CN2C(=O)C(NC(=O)C(C)NC)C2CCCCC2)nc2cc(F)ccc21. The summed E-state index contributed by atoms with van der Waals surface area (Å²) in [6.07, 6.45) is 2.81. The molecule has 7 rings (SSSR count). The van der Waals surface area contributed by atoms with Crippen LogP contribution in [0.4, 0.5) is 17.6 Å². The third kappa shape index (κ3) is 9.88. The summed E-state index contributed by atoms with van der Waals surface area (Å²) in [7, 11) is 3.31. The number of likely N-dealkylation sites (N-methyl/N-ethyl adjacent to an activating group) is 2. The highest BCUT2D eigenvalue weighted by Crippen LogP contribution is 2.38. The summed E-state index contributed by atoms with van der Waals surface area (Å²) in [4.78, 5) is 66.3. The van der Waals surface area contributed by atoms with Crippen molar-refractivity contribution in [3.63, 3.8) is 0 Å². The van der Waals surface area contributed by atoms with Crippen LogP contribution in [0.2, 0.25) is 0 Å². The molecule has 4 amide bonds. The highest BCUT2D eigenvalue weighted by Gasteiger charge is 2.43. The monoisotopic (exact) mass is 879 g/mol. The first-order valence-electron chi connectivity index (χ1n) is 22.5. The van der Waals surface area contributed by atoms with Gasteiger partial charge in [-0.15, -0.1) is 0 Å². The lowest BCUT2D eigenvalue weighted by molar-refractivity contribution is -0.139. The molecule has 3 aliphatic rings. The van der Waals surface area contributed by atoms with E-state index < -0.39 is 66.1 Å². The minimum Gasteiger partial charge on any atom is -0.352 e. The second-order valence-corrected chi connectivity index (χ2v) is 17.8. The van der Waals surface area contributed by atoms with Gasteiger partial charge in [-0.05, 0) is 95.4 Å². The third-order valence-corrected chi connectivity index (χ3v) is 13.5. The normalized spacial score (nSPS) is 22.7. The first-order chi connectivity index (χ1) is 30.2. The Labute approximate surface area is 365 Å². The van der Waals surface area contributed by atoms with Gasteiger partial charge in [-0.25, -0.2) is 22.5 Å². The lowest BCUT2D eigenvalue weighted by atomic mass is 9.83. The van der Waals surface area contributed by atoms with Gasteiger partial charge in [-0.1, -0.05) is 32.6 Å². The van der Waals surface area contributed by atoms with Gasteiger partial charge in [0.05, 0.1) is 47.9 Å². The Morgan fingerprint density at radius 3 is 2.11 bits per heavy atom. The summed E-state index contributed by atoms with van der Waals surface area (Å²) in [5.74, 6) is -2.28. The van der Waals surface area contributed by atoms with Gasteiger partial charge in [0.25, 0.3) is 0 Å². The molecule has 342 valence electrons. The number of likely N-dealkylation sites (tertiary alicyclic amines) is 2. The molecule has 0 bridgehead atoms. The molecule has 17 heteroatoms. The van der Waals surface area contributed by atoms with E-state index in [0.29, 0.717) is 46.3 Å². The average Bonchev–Trinajstić information content (AvgIpc) is 4.03. The van der Waals surface area contributed by atoms with Gasteiger partial charge in [-0.3, -0.25) is 19.2 Å². The molecule has 2 aliphatic heterocycles. The number of H-pyrrole nitrogens is 1. The molecule has 13 nitrogen and oxygen atoms in total. The second kappa shape index (κ2) is 19.8. The molecular formula is C46H61F4N9O4. The summed E-state index contributed by atoms with van der Waals surface area (Å²) in [6.45, 7) is 5.00. The minimum absolute atomic E-state index is 0.000637. The summed E-state index contributed by atoms with van der Waals surface area (Å²) >= 11 is 0. The number of carbonyl (C=O) groups excluding carboxylic acids is 4. The number of aromatic amines is 1. The van der Waals surface area contributed by atoms with Crippen molar-refractivity contribution in [1.29, 1.82) is 0 Å². The van der Waals surface area contributed by atoms with Crippen molar-refractivity contribution in [2.75, 3.05) is 27.2 Å². The van der Waals surface area contributed by atoms with Crippen molar-refractivity contribution < 1.29 is 36.7 Å². The van der Waals surface area contributed by atoms with Crippen molar-refractivity contribution in [2.24, 2.45) is 5.92 Å². The molecule has 0 radical (unpaired) electrons. The molecule has 1 aliphatic carbocycles. The van der Waals surface area contributed by atoms with E-state index in [9.17, 15) is 28.0 Å². The lowest BCUT2D eigenvalue weighted by Gasteiger charge is -2.35. The van der Waals surface area contributed by atoms with E-state index in [4.69, 9.17) is 4.98 Å². The van der Waals surface area contributed by atoms with Crippen LogP contribution in [-0.4, -0.2) is 124 Å². The fraction of sp³-hybridized carbons (Fsp3) is 0.587. The minimum atomic E-state index is -1.35. The summed E-state index contributed by atoms with van der Waals surface area (Å²) in [5.41, 5.74) is 2.25. The molecule has 0 spiro atoms. The maximum atomic E-state index is 15.7. The quantitative estimate of drug-likeness (QED) is 0.0939. The number of imidazole rings is 1. The predicted octanol–water partition coefficient (Wildman–Crippen LogP) is 5.45. The number of hydrogen-bond donors (Lipinski definition) is 5. The van der Waals surface area contributed by atoms with Crippen LogP contribution in [0.25, 0.3) is 33.5 Å². The molecule has 4 aromatic rings. The number of amides is 4. The lowest BCUT2D eigenvalue weighted by Crippen LogP contribution is -2.56. The molecular weight excluding hydrogens is 819 g/mol. The van der Waals surface area contributed by atoms with Gasteiger partial charge in [0.1, 0.15) is 36.1 Å². The number of carbonyl (C=O) groups is 4. The summed E-state index contributed by atoms with van der Waals surface area (Å²) < 4.78 is 62.8. The van der Waals surface area contributed by atoms with Crippen molar-refractivity contribution in [3.05, 3.63) is 53.6 Å². The Bertz CT molecular complexity index is 2300. The van der Waals surface area contributed by atoms with Crippen LogP contribution < -0.4 is 21.3 Å². The first-order valence-corrected chi connectivity index (χ1v) is 22.5. The van der Waals surface area contributed by atoms with Crippen molar-refractivity contribution in [3.8, 4) is 11.5 Å². The maximum Gasteiger partial charge on any atom is 0.245 e. The van der Waals surface area contributed by atoms with Crippen molar-refractivity contribution in [1.82, 2.24) is 45.6 Å². The fourth-order valence-corrected chi connectivity index (χ4v) is 9.79. The summed E-state index contributed by atoms with van der Waals surface area (Å²) in [6, 6.07) is 4.23. The van der Waals surface area contributed by atoms with Crippen LogP contribution in [0.15, 0.2) is 36.4 Å². The van der Waals surface area contributed by atoms with E-state index >= 15 is 8.78 Å². The molecule has 63 heavy (non-hydrogen) atoms. The standard InChI is InChI=1S/C46H61F4N9O4/c1-6-10-36(55-43(60)25(2)51-4)45(62)58-23-31(50)18-33(58)24-59-39-16-14-29(48)20-38(39)54-42(59)41-35(34-15-13-28(47)19-37(34)53-41)21-32-17-30(49)22-57(32)46(63)40(27-11-8-7-9-12-27)56-44(61)26(3)52-5/h13-16,19-20,25-27,30-33,36,40,51-53H,6-12,17-18,21-24H2,1-5H3,(H,55,60)(H,56,61). The van der Waals surface area contributed by atoms with Crippen LogP contribution in [0.5, 0.6) is 0 Å². The Morgan fingerprint density at radius 1 is 0.825 bits per heavy atom. The highest BCUT2D eigenvalue weighted by atomic mass is 19.1. The van der Waals surface area contributed by atoms with E-state index in [1.54, 1.807) is 49.5 Å². The smallest absolute Gasteiger partial charge is 0.245 e. The molecule has 2 aromatic heterocycles. The van der Waals surface area contributed by atoms with Gasteiger partial charge >= 0.3 is 0 Å². The zero-order valence-corrected chi connectivity index (χ0v) is 36.8. The van der Waals surface area contributed by atoms with Crippen molar-refractivity contribution >= 4 is 45.6 Å². The number of nitrogens with one attached hydrogen (secondary N) is 5.